The van der Waals surface area contributed by atoms with Crippen LogP contribution >= 0.6 is 7.59 Å². The van der Waals surface area contributed by atoms with Crippen molar-refractivity contribution in [1.82, 2.24) is 0 Å². The van der Waals surface area contributed by atoms with Gasteiger partial charge in [0.15, 0.2) is 0 Å². The van der Waals surface area contributed by atoms with Gasteiger partial charge in [-0.1, -0.05) is 0 Å². The Bertz CT molecular complexity index is 74.9. The van der Waals surface area contributed by atoms with E-state index in [1.807, 2.05) is 0 Å². The summed E-state index contributed by atoms with van der Waals surface area (Å²) < 4.78 is 15.9. The first-order valence-corrected chi connectivity index (χ1v) is 2.77. The highest BCUT2D eigenvalue weighted by molar-refractivity contribution is 7.56. The van der Waals surface area contributed by atoms with E-state index in [2.05, 4.69) is 11.0 Å². The number of hydrogen-bond donors (Lipinski definition) is 3. The topological polar surface area (TPSA) is 95.1 Å². The predicted molar refractivity (Wildman–Crippen MR) is 20.2 cm³/mol. The van der Waals surface area contributed by atoms with Crippen LogP contribution < -0.4 is 16.5 Å². The van der Waals surface area contributed by atoms with Gasteiger partial charge in [0.2, 0.25) is 0 Å². The van der Waals surface area contributed by atoms with Crippen molar-refractivity contribution in [3.05, 3.63) is 0 Å². The van der Waals surface area contributed by atoms with Crippen molar-refractivity contribution in [1.29, 1.82) is 0 Å². The van der Waals surface area contributed by atoms with Crippen LogP contribution in [0.3, 0.4) is 0 Å². The van der Waals surface area contributed by atoms with E-state index < -0.39 is 7.59 Å². The van der Waals surface area contributed by atoms with E-state index in [0.29, 0.717) is 0 Å². The van der Waals surface area contributed by atoms with Gasteiger partial charge >= 0.3 is 0 Å². The van der Waals surface area contributed by atoms with Crippen LogP contribution in [-0.2, 0) is 4.57 Å². The van der Waals surface area contributed by atoms with E-state index in [1.54, 1.807) is 0 Å². The summed E-state index contributed by atoms with van der Waals surface area (Å²) in [6.07, 6.45) is 0. The van der Waals surface area contributed by atoms with Crippen LogP contribution in [-0.4, -0.2) is 0 Å². The summed E-state index contributed by atoms with van der Waals surface area (Å²) in [5.41, 5.74) is 10.6. The molecule has 0 amide bonds. The Kier molecular flexibility index (Phi) is 0.704. The fraction of sp³-hybridized carbons (Fsp3) is 0. The third-order valence-corrected chi connectivity index (χ3v) is 0. The highest BCUT2D eigenvalue weighted by Crippen LogP contribution is 2.06. The molecule has 0 heterocycles. The number of nitrogens with two attached hydrogens (primary N) is 3. The van der Waals surface area contributed by atoms with Crippen LogP contribution in [0.1, 0.15) is 0 Å². The van der Waals surface area contributed by atoms with E-state index in [9.17, 15) is 4.57 Å². The van der Waals surface area contributed by atoms with Crippen molar-refractivity contribution in [2.24, 2.45) is 16.5 Å². The smallest absolute Gasteiger partial charge is 0.271 e. The van der Waals surface area contributed by atoms with Gasteiger partial charge in [-0.15, -0.1) is 0 Å². The zero-order chi connectivity index (χ0) is 5.21. The van der Waals surface area contributed by atoms with Crippen molar-refractivity contribution in [2.45, 2.75) is 0 Å². The van der Waals surface area contributed by atoms with E-state index in [0.717, 1.165) is 0 Å². The summed E-state index contributed by atoms with van der Waals surface area (Å²) >= 11 is 0. The SMILES string of the molecule is [2H]NP(N)(N)=O. The van der Waals surface area contributed by atoms with Crippen molar-refractivity contribution >= 4 is 7.59 Å². The Hall–Kier alpha value is 0.110. The molecule has 0 saturated carbocycles. The number of rotatable bonds is 1. The zero-order valence-corrected chi connectivity index (χ0v) is 3.40. The average Bonchev–Trinajstić information content (AvgIpc) is 1.35. The molecule has 4 nitrogen and oxygen atoms in total. The van der Waals surface area contributed by atoms with Crippen LogP contribution in [0.25, 0.3) is 0 Å². The molecule has 0 aliphatic rings. The van der Waals surface area contributed by atoms with Gasteiger partial charge in [-0.2, -0.15) is 0 Å². The fourth-order valence-electron chi connectivity index (χ4n) is 0. The van der Waals surface area contributed by atoms with E-state index >= 15 is 0 Å². The molecule has 5 heteroatoms. The molecule has 0 unspecified atom stereocenters. The fourth-order valence-corrected chi connectivity index (χ4v) is 0. The standard InChI is InChI=1S/H6N3OP/c1-5(2,3)4/h(H6,1,2,3,4)/i/hD. The third-order valence-electron chi connectivity index (χ3n) is 0. The molecule has 0 radical (unpaired) electrons. The van der Waals surface area contributed by atoms with Crippen LogP contribution in [0.2, 0.25) is 1.41 Å². The minimum absolute atomic E-state index is 1.47. The molecule has 0 aromatic rings. The summed E-state index contributed by atoms with van der Waals surface area (Å²) in [4.78, 5) is 0. The monoisotopic (exact) mass is 96.0 g/mol. The maximum absolute atomic E-state index is 9.84. The molecule has 0 aliphatic carbocycles. The molecule has 0 saturated heterocycles. The minimum Gasteiger partial charge on any atom is -0.272 e. The van der Waals surface area contributed by atoms with Crippen molar-refractivity contribution < 1.29 is 5.98 Å². The Morgan fingerprint density at radius 3 is 2.00 bits per heavy atom. The predicted octanol–water partition coefficient (Wildman–Crippen LogP) is -1.03. The second-order valence-corrected chi connectivity index (χ2v) is 2.13. The van der Waals surface area contributed by atoms with Gasteiger partial charge in [-0.3, -0.25) is 21.1 Å². The maximum Gasteiger partial charge on any atom is 0.271 e. The summed E-state index contributed by atoms with van der Waals surface area (Å²) in [7, 11) is -3.23. The molecule has 0 atom stereocenters. The molecule has 5 heavy (non-hydrogen) atoms. The van der Waals surface area contributed by atoms with Crippen LogP contribution in [0.15, 0.2) is 0 Å². The van der Waals surface area contributed by atoms with Gasteiger partial charge in [0, 0.05) is 0 Å². The van der Waals surface area contributed by atoms with Gasteiger partial charge in [-0.25, -0.2) is 0 Å². The van der Waals surface area contributed by atoms with Crippen LogP contribution in [0.5, 0.6) is 0 Å². The lowest BCUT2D eigenvalue weighted by Gasteiger charge is -1.88. The Labute approximate surface area is 31.3 Å². The zero-order valence-electron chi connectivity index (χ0n) is 3.51. The highest BCUT2D eigenvalue weighted by atomic mass is 31.2. The summed E-state index contributed by atoms with van der Waals surface area (Å²) in [5.74, 6) is 0. The quantitative estimate of drug-likeness (QED) is 0.364. The van der Waals surface area contributed by atoms with Crippen molar-refractivity contribution in [2.75, 3.05) is 0 Å². The van der Waals surface area contributed by atoms with Gasteiger partial charge in [0.1, 0.15) is 1.41 Å². The van der Waals surface area contributed by atoms with E-state index in [-0.39, 0.29) is 0 Å². The molecule has 0 spiro atoms. The lowest BCUT2D eigenvalue weighted by molar-refractivity contribution is 0.577. The Balaban J connectivity index is 3.48. The lowest BCUT2D eigenvalue weighted by Crippen LogP contribution is -2.12. The van der Waals surface area contributed by atoms with Gasteiger partial charge in [0.05, 0.1) is 0 Å². The highest BCUT2D eigenvalue weighted by Gasteiger charge is 1.90. The Morgan fingerprint density at radius 2 is 2.00 bits per heavy atom. The van der Waals surface area contributed by atoms with Gasteiger partial charge < -0.3 is 0 Å². The number of hydrogen-bond acceptors (Lipinski definition) is 1. The van der Waals surface area contributed by atoms with Crippen molar-refractivity contribution in [3.8, 4) is 0 Å². The first-order valence-electron chi connectivity index (χ1n) is 1.42. The van der Waals surface area contributed by atoms with E-state index in [1.165, 1.54) is 5.50 Å². The third kappa shape index (κ3) is 1510. The summed E-state index contributed by atoms with van der Waals surface area (Å²) in [6, 6.07) is 0. The summed E-state index contributed by atoms with van der Waals surface area (Å²) in [6.45, 7) is 0. The normalized spacial score (nSPS) is 14.4. The molecular formula is H6N3OP. The summed E-state index contributed by atoms with van der Waals surface area (Å²) in [5, 5.41) is 0. The molecule has 0 aromatic carbocycles. The maximum atomic E-state index is 9.84. The van der Waals surface area contributed by atoms with Crippen molar-refractivity contribution in [3.63, 3.8) is 0 Å². The second kappa shape index (κ2) is 1.06. The lowest BCUT2D eigenvalue weighted by atomic mass is 13.8. The molecule has 0 aliphatic heterocycles. The molecular weight excluding hydrogens is 89.0 g/mol. The van der Waals surface area contributed by atoms with Gasteiger partial charge in [0.25, 0.3) is 7.59 Å². The first kappa shape index (κ1) is 3.31. The molecule has 6 N–H and O–H groups in total. The van der Waals surface area contributed by atoms with Gasteiger partial charge in [-0.05, 0) is 0 Å². The first-order chi connectivity index (χ1) is 2.56. The molecule has 0 rings (SSSR count). The average molecular weight is 96.0 g/mol. The minimum atomic E-state index is -3.23. The second-order valence-electron chi connectivity index (χ2n) is 0.709. The largest absolute Gasteiger partial charge is 0.272 e. The van der Waals surface area contributed by atoms with Crippen LogP contribution in [0.4, 0.5) is 0 Å². The molecule has 32 valence electrons. The molecule has 0 aromatic heterocycles. The Morgan fingerprint density at radius 1 is 1.80 bits per heavy atom. The van der Waals surface area contributed by atoms with E-state index in [4.69, 9.17) is 1.41 Å². The van der Waals surface area contributed by atoms with Crippen LogP contribution in [0, 0.1) is 0 Å². The molecule has 0 bridgehead atoms. The molecule has 0 fully saturated rings.